The van der Waals surface area contributed by atoms with Crippen LogP contribution in [-0.4, -0.2) is 17.4 Å². The standard InChI is InChI=1S/C6H14.Al.3H/c1-4-5-6(2)3;;;;/h6H,4-5H2,1-3H3;;;;. The first kappa shape index (κ1) is 10.5. The Balaban J connectivity index is 0. The third-order valence-electron chi connectivity index (χ3n) is 0.866. The van der Waals surface area contributed by atoms with Crippen molar-refractivity contribution in [3.63, 3.8) is 0 Å². The summed E-state index contributed by atoms with van der Waals surface area (Å²) in [6.07, 6.45) is 2.71. The molecule has 44 valence electrons. The molecule has 0 heterocycles. The van der Waals surface area contributed by atoms with Gasteiger partial charge in [0, 0.05) is 0 Å². The van der Waals surface area contributed by atoms with E-state index in [1.54, 1.807) is 0 Å². The Labute approximate surface area is 57.4 Å². The van der Waals surface area contributed by atoms with Crippen molar-refractivity contribution in [2.24, 2.45) is 5.92 Å². The van der Waals surface area contributed by atoms with Crippen molar-refractivity contribution >= 4 is 17.4 Å². The maximum atomic E-state index is 2.25. The second kappa shape index (κ2) is 6.53. The van der Waals surface area contributed by atoms with Gasteiger partial charge in [-0.3, -0.25) is 0 Å². The average Bonchev–Trinajstić information content (AvgIpc) is 1.35. The maximum absolute atomic E-state index is 2.25. The van der Waals surface area contributed by atoms with Crippen LogP contribution in [0.4, 0.5) is 0 Å². The minimum Gasteiger partial charge on any atom is -0.0654 e. The van der Waals surface area contributed by atoms with E-state index in [2.05, 4.69) is 20.8 Å². The second-order valence-corrected chi connectivity index (χ2v) is 2.18. The Bertz CT molecular complexity index is 25.4. The molecule has 0 aromatic carbocycles. The molecule has 0 aliphatic rings. The summed E-state index contributed by atoms with van der Waals surface area (Å²) in [7, 11) is 0. The normalized spacial score (nSPS) is 8.57. The van der Waals surface area contributed by atoms with Crippen molar-refractivity contribution < 1.29 is 0 Å². The quantitative estimate of drug-likeness (QED) is 0.476. The smallest absolute Gasteiger partial charge is 0.0654 e. The Hall–Kier alpha value is 0.532. The summed E-state index contributed by atoms with van der Waals surface area (Å²) in [6, 6.07) is 0. The largest absolute Gasteiger partial charge is 0.187 e. The fraction of sp³-hybridized carbons (Fsp3) is 1.00. The van der Waals surface area contributed by atoms with Gasteiger partial charge in [0.05, 0.1) is 0 Å². The van der Waals surface area contributed by atoms with E-state index >= 15 is 0 Å². The van der Waals surface area contributed by atoms with Crippen LogP contribution >= 0.6 is 0 Å². The SMILES string of the molecule is CCCC(C)C.[AlH3]. The third kappa shape index (κ3) is 10.8. The lowest BCUT2D eigenvalue weighted by molar-refractivity contribution is 0.576. The average molecular weight is 116 g/mol. The molecule has 0 fully saturated rings. The molecule has 0 aromatic heterocycles. The van der Waals surface area contributed by atoms with E-state index < -0.39 is 0 Å². The van der Waals surface area contributed by atoms with E-state index in [9.17, 15) is 0 Å². The maximum Gasteiger partial charge on any atom is 0.187 e. The van der Waals surface area contributed by atoms with Crippen molar-refractivity contribution in [3.8, 4) is 0 Å². The third-order valence-corrected chi connectivity index (χ3v) is 0.866. The predicted molar refractivity (Wildman–Crippen MR) is 39.7 cm³/mol. The molecular formula is C6H17Al. The highest BCUT2D eigenvalue weighted by molar-refractivity contribution is 5.75. The number of hydrogen-bond donors (Lipinski definition) is 0. The van der Waals surface area contributed by atoms with Gasteiger partial charge in [-0.05, 0) is 5.92 Å². The fourth-order valence-corrected chi connectivity index (χ4v) is 0.577. The van der Waals surface area contributed by atoms with Gasteiger partial charge in [-0.1, -0.05) is 33.6 Å². The van der Waals surface area contributed by atoms with E-state index in [1.165, 1.54) is 12.8 Å². The summed E-state index contributed by atoms with van der Waals surface area (Å²) in [5.74, 6) is 0.898. The van der Waals surface area contributed by atoms with Gasteiger partial charge in [-0.2, -0.15) is 0 Å². The van der Waals surface area contributed by atoms with Gasteiger partial charge in [0.1, 0.15) is 0 Å². The summed E-state index contributed by atoms with van der Waals surface area (Å²) in [5.41, 5.74) is 0. The van der Waals surface area contributed by atoms with Crippen LogP contribution in [0.2, 0.25) is 0 Å². The highest BCUT2D eigenvalue weighted by atomic mass is 27.0. The lowest BCUT2D eigenvalue weighted by atomic mass is 10.1. The zero-order valence-electron chi connectivity index (χ0n) is 4.99. The van der Waals surface area contributed by atoms with Crippen LogP contribution in [-0.2, 0) is 0 Å². The molecule has 1 heteroatoms. The Morgan fingerprint density at radius 2 is 1.71 bits per heavy atom. The number of hydrogen-bond acceptors (Lipinski definition) is 0. The van der Waals surface area contributed by atoms with Gasteiger partial charge >= 0.3 is 0 Å². The molecule has 0 amide bonds. The highest BCUT2D eigenvalue weighted by Crippen LogP contribution is 2.00. The molecule has 0 bridgehead atoms. The zero-order valence-corrected chi connectivity index (χ0v) is 4.99. The van der Waals surface area contributed by atoms with Crippen LogP contribution < -0.4 is 0 Å². The Kier molecular flexibility index (Phi) is 9.80. The molecule has 0 atom stereocenters. The molecule has 0 spiro atoms. The van der Waals surface area contributed by atoms with Gasteiger partial charge in [0.2, 0.25) is 0 Å². The topological polar surface area (TPSA) is 0 Å². The first-order chi connectivity index (χ1) is 2.77. The molecule has 0 aliphatic carbocycles. The Morgan fingerprint density at radius 3 is 1.71 bits per heavy atom. The van der Waals surface area contributed by atoms with Crippen LogP contribution in [0.3, 0.4) is 0 Å². The van der Waals surface area contributed by atoms with E-state index in [4.69, 9.17) is 0 Å². The fourth-order valence-electron chi connectivity index (χ4n) is 0.577. The van der Waals surface area contributed by atoms with Gasteiger partial charge in [-0.25, -0.2) is 0 Å². The molecule has 0 unspecified atom stereocenters. The molecule has 0 nitrogen and oxygen atoms in total. The zero-order chi connectivity index (χ0) is 4.99. The number of rotatable bonds is 2. The van der Waals surface area contributed by atoms with Crippen molar-refractivity contribution in [2.45, 2.75) is 33.6 Å². The molecule has 0 rings (SSSR count). The summed E-state index contributed by atoms with van der Waals surface area (Å²) in [5, 5.41) is 0. The molecule has 7 heavy (non-hydrogen) atoms. The van der Waals surface area contributed by atoms with Gasteiger partial charge in [0.25, 0.3) is 0 Å². The monoisotopic (exact) mass is 116 g/mol. The van der Waals surface area contributed by atoms with Crippen LogP contribution in [0.25, 0.3) is 0 Å². The lowest BCUT2D eigenvalue weighted by Crippen LogP contribution is -1.81. The van der Waals surface area contributed by atoms with E-state index in [0.717, 1.165) is 5.92 Å². The van der Waals surface area contributed by atoms with Crippen molar-refractivity contribution in [1.29, 1.82) is 0 Å². The first-order valence-corrected chi connectivity index (χ1v) is 2.77. The molecule has 0 saturated carbocycles. The van der Waals surface area contributed by atoms with Crippen molar-refractivity contribution in [1.82, 2.24) is 0 Å². The first-order valence-electron chi connectivity index (χ1n) is 2.77. The molecule has 0 radical (unpaired) electrons. The van der Waals surface area contributed by atoms with Crippen molar-refractivity contribution in [2.75, 3.05) is 0 Å². The van der Waals surface area contributed by atoms with E-state index in [-0.39, 0.29) is 17.4 Å². The highest BCUT2D eigenvalue weighted by Gasteiger charge is 1.85. The summed E-state index contributed by atoms with van der Waals surface area (Å²) >= 11 is 0. The van der Waals surface area contributed by atoms with Gasteiger partial charge in [0.15, 0.2) is 17.4 Å². The van der Waals surface area contributed by atoms with Crippen LogP contribution in [0.1, 0.15) is 33.6 Å². The molecule has 0 saturated heterocycles. The lowest BCUT2D eigenvalue weighted by Gasteiger charge is -1.95. The molecular weight excluding hydrogens is 99.0 g/mol. The van der Waals surface area contributed by atoms with Gasteiger partial charge in [-0.15, -0.1) is 0 Å². The predicted octanol–water partition coefficient (Wildman–Crippen LogP) is 1.26. The van der Waals surface area contributed by atoms with Gasteiger partial charge < -0.3 is 0 Å². The minimum absolute atomic E-state index is 0. The van der Waals surface area contributed by atoms with Crippen LogP contribution in [0.15, 0.2) is 0 Å². The second-order valence-electron chi connectivity index (χ2n) is 2.18. The molecule has 0 N–H and O–H groups in total. The molecule has 0 aromatic rings. The summed E-state index contributed by atoms with van der Waals surface area (Å²) < 4.78 is 0. The van der Waals surface area contributed by atoms with Crippen molar-refractivity contribution in [3.05, 3.63) is 0 Å². The van der Waals surface area contributed by atoms with E-state index in [1.807, 2.05) is 0 Å². The van der Waals surface area contributed by atoms with Crippen LogP contribution in [0.5, 0.6) is 0 Å². The molecule has 0 aliphatic heterocycles. The summed E-state index contributed by atoms with van der Waals surface area (Å²) in [6.45, 7) is 6.73. The van der Waals surface area contributed by atoms with Crippen LogP contribution in [0, 0.1) is 5.92 Å². The van der Waals surface area contributed by atoms with E-state index in [0.29, 0.717) is 0 Å². The Morgan fingerprint density at radius 1 is 1.29 bits per heavy atom. The summed E-state index contributed by atoms with van der Waals surface area (Å²) in [4.78, 5) is 0. The minimum atomic E-state index is 0.